The number of fused-ring (bicyclic) bond motifs is 1. The fourth-order valence-corrected chi connectivity index (χ4v) is 4.16. The summed E-state index contributed by atoms with van der Waals surface area (Å²) >= 11 is 1.45. The quantitative estimate of drug-likeness (QED) is 0.420. The normalized spacial score (nSPS) is 11.2. The van der Waals surface area contributed by atoms with Crippen LogP contribution in [0.3, 0.4) is 0 Å². The molecule has 0 aliphatic carbocycles. The lowest BCUT2D eigenvalue weighted by Crippen LogP contribution is -2.23. The number of nitrogens with zero attached hydrogens (tertiary/aromatic N) is 5. The molecule has 0 aliphatic heterocycles. The van der Waals surface area contributed by atoms with Gasteiger partial charge in [-0.3, -0.25) is 0 Å². The van der Waals surface area contributed by atoms with E-state index >= 15 is 0 Å². The van der Waals surface area contributed by atoms with Crippen molar-refractivity contribution < 1.29 is 4.74 Å². The first kappa shape index (κ1) is 19.2. The van der Waals surface area contributed by atoms with Crippen LogP contribution in [0.4, 0.5) is 0 Å². The predicted octanol–water partition coefficient (Wildman–Crippen LogP) is 4.13. The molecule has 5 aromatic rings. The van der Waals surface area contributed by atoms with Crippen LogP contribution in [0.2, 0.25) is 0 Å². The summed E-state index contributed by atoms with van der Waals surface area (Å²) in [7, 11) is 1.57. The molecule has 0 saturated heterocycles. The Morgan fingerprint density at radius 3 is 2.65 bits per heavy atom. The van der Waals surface area contributed by atoms with Crippen LogP contribution in [0.15, 0.2) is 70.8 Å². The number of thiazole rings is 1. The second-order valence-corrected chi connectivity index (χ2v) is 8.04. The molecule has 0 radical (unpaired) electrons. The molecule has 0 unspecified atom stereocenters. The Morgan fingerprint density at radius 1 is 1.00 bits per heavy atom. The Balaban J connectivity index is 1.41. The van der Waals surface area contributed by atoms with Gasteiger partial charge in [0, 0.05) is 23.6 Å². The van der Waals surface area contributed by atoms with E-state index in [2.05, 4.69) is 45.7 Å². The zero-order chi connectivity index (χ0) is 21.4. The third-order valence-corrected chi connectivity index (χ3v) is 5.96. The number of tetrazole rings is 1. The molecule has 0 atom stereocenters. The van der Waals surface area contributed by atoms with E-state index in [1.165, 1.54) is 31.5 Å². The lowest BCUT2D eigenvalue weighted by Gasteiger charge is -2.11. The molecule has 8 heteroatoms. The lowest BCUT2D eigenvalue weighted by molar-refractivity contribution is 0.303. The summed E-state index contributed by atoms with van der Waals surface area (Å²) < 4.78 is 8.49. The van der Waals surface area contributed by atoms with Gasteiger partial charge in [0.05, 0.1) is 11.4 Å². The molecule has 0 N–H and O–H groups in total. The molecular formula is C23H19N5O2S. The Kier molecular flexibility index (Phi) is 4.83. The molecule has 7 nitrogen and oxygen atoms in total. The van der Waals surface area contributed by atoms with Crippen LogP contribution >= 0.6 is 11.3 Å². The van der Waals surface area contributed by atoms with Crippen molar-refractivity contribution in [1.29, 1.82) is 0 Å². The Labute approximate surface area is 182 Å². The number of aryl methyl sites for hydroxylation is 2. The van der Waals surface area contributed by atoms with E-state index in [4.69, 9.17) is 4.74 Å². The number of rotatable bonds is 5. The molecule has 2 heterocycles. The third kappa shape index (κ3) is 3.62. The summed E-state index contributed by atoms with van der Waals surface area (Å²) in [5.74, 6) is 0. The molecule has 31 heavy (non-hydrogen) atoms. The minimum atomic E-state index is -0.306. The standard InChI is InChI=1S/C23H19N5O2S/c1-15-6-5-9-21(28-23(29)27(2)25-26-28)19(15)13-30-22-24-20(14-31-22)18-11-10-16-7-3-4-8-17(16)12-18/h3-12,14H,13H2,1-2H3. The number of aromatic nitrogens is 5. The van der Waals surface area contributed by atoms with Crippen LogP contribution < -0.4 is 10.4 Å². The fraction of sp³-hybridized carbons (Fsp3) is 0.130. The molecule has 3 aromatic carbocycles. The van der Waals surface area contributed by atoms with E-state index in [1.54, 1.807) is 7.05 Å². The first-order valence-corrected chi connectivity index (χ1v) is 10.6. The lowest BCUT2D eigenvalue weighted by atomic mass is 10.1. The van der Waals surface area contributed by atoms with E-state index in [1.807, 2.05) is 42.6 Å². The van der Waals surface area contributed by atoms with E-state index in [9.17, 15) is 4.79 Å². The molecule has 0 fully saturated rings. The van der Waals surface area contributed by atoms with Crippen LogP contribution in [0, 0.1) is 6.92 Å². The van der Waals surface area contributed by atoms with Crippen molar-refractivity contribution in [3.63, 3.8) is 0 Å². The zero-order valence-electron chi connectivity index (χ0n) is 17.0. The summed E-state index contributed by atoms with van der Waals surface area (Å²) in [6.45, 7) is 2.25. The molecule has 0 spiro atoms. The van der Waals surface area contributed by atoms with Gasteiger partial charge in [0.15, 0.2) is 0 Å². The first-order valence-electron chi connectivity index (χ1n) is 9.75. The van der Waals surface area contributed by atoms with Crippen LogP contribution in [0.1, 0.15) is 11.1 Å². The minimum absolute atomic E-state index is 0.274. The molecule has 0 bridgehead atoms. The van der Waals surface area contributed by atoms with Gasteiger partial charge in [-0.25, -0.2) is 9.78 Å². The molecule has 2 aromatic heterocycles. The van der Waals surface area contributed by atoms with Gasteiger partial charge in [0.1, 0.15) is 6.61 Å². The number of hydrogen-bond donors (Lipinski definition) is 0. The monoisotopic (exact) mass is 429 g/mol. The molecule has 0 saturated carbocycles. The second-order valence-electron chi connectivity index (χ2n) is 7.22. The second kappa shape index (κ2) is 7.81. The largest absolute Gasteiger partial charge is 0.465 e. The van der Waals surface area contributed by atoms with E-state index < -0.39 is 0 Å². The molecule has 5 rings (SSSR count). The zero-order valence-corrected chi connectivity index (χ0v) is 17.8. The fourth-order valence-electron chi connectivity index (χ4n) is 3.48. The number of ether oxygens (including phenoxy) is 1. The first-order chi connectivity index (χ1) is 15.1. The van der Waals surface area contributed by atoms with Gasteiger partial charge >= 0.3 is 5.69 Å². The summed E-state index contributed by atoms with van der Waals surface area (Å²) in [4.78, 5) is 17.0. The maximum absolute atomic E-state index is 12.3. The topological polar surface area (TPSA) is 74.8 Å². The van der Waals surface area contributed by atoms with Crippen LogP contribution in [-0.4, -0.2) is 24.8 Å². The number of hydrogen-bond acceptors (Lipinski definition) is 6. The Bertz CT molecular complexity index is 1450. The SMILES string of the molecule is Cc1cccc(-n2nnn(C)c2=O)c1COc1nc(-c2ccc3ccccc3c2)cs1. The van der Waals surface area contributed by atoms with E-state index in [0.29, 0.717) is 10.9 Å². The summed E-state index contributed by atoms with van der Waals surface area (Å²) in [6, 6.07) is 20.3. The highest BCUT2D eigenvalue weighted by molar-refractivity contribution is 7.11. The van der Waals surface area contributed by atoms with E-state index in [-0.39, 0.29) is 12.3 Å². The van der Waals surface area contributed by atoms with Crippen molar-refractivity contribution in [2.75, 3.05) is 0 Å². The van der Waals surface area contributed by atoms with Crippen LogP contribution in [0.25, 0.3) is 27.7 Å². The van der Waals surface area contributed by atoms with Crippen LogP contribution in [0.5, 0.6) is 5.19 Å². The van der Waals surface area contributed by atoms with Gasteiger partial charge in [-0.15, -0.1) is 0 Å². The highest BCUT2D eigenvalue weighted by Gasteiger charge is 2.14. The van der Waals surface area contributed by atoms with Gasteiger partial charge in [-0.2, -0.15) is 9.36 Å². The van der Waals surface area contributed by atoms with Crippen molar-refractivity contribution >= 4 is 22.1 Å². The Hall–Kier alpha value is -3.78. The summed E-state index contributed by atoms with van der Waals surface area (Å²) in [5, 5.41) is 12.7. The van der Waals surface area contributed by atoms with Crippen molar-refractivity contribution in [3.05, 3.63) is 87.7 Å². The van der Waals surface area contributed by atoms with Crippen molar-refractivity contribution in [2.45, 2.75) is 13.5 Å². The van der Waals surface area contributed by atoms with Gasteiger partial charge in [0.2, 0.25) is 0 Å². The average Bonchev–Trinajstić information content (AvgIpc) is 3.39. The van der Waals surface area contributed by atoms with Crippen LogP contribution in [-0.2, 0) is 13.7 Å². The van der Waals surface area contributed by atoms with Crippen molar-refractivity contribution in [2.24, 2.45) is 7.05 Å². The van der Waals surface area contributed by atoms with Gasteiger partial charge < -0.3 is 4.74 Å². The molecule has 0 amide bonds. The maximum atomic E-state index is 12.3. The van der Waals surface area contributed by atoms with Gasteiger partial charge in [-0.05, 0) is 45.8 Å². The highest BCUT2D eigenvalue weighted by atomic mass is 32.1. The van der Waals surface area contributed by atoms with E-state index in [0.717, 1.165) is 22.4 Å². The smallest absolute Gasteiger partial charge is 0.368 e. The average molecular weight is 430 g/mol. The molecular weight excluding hydrogens is 410 g/mol. The molecule has 0 aliphatic rings. The maximum Gasteiger partial charge on any atom is 0.368 e. The van der Waals surface area contributed by atoms with Gasteiger partial charge in [-0.1, -0.05) is 59.9 Å². The third-order valence-electron chi connectivity index (χ3n) is 5.20. The Morgan fingerprint density at radius 2 is 1.84 bits per heavy atom. The summed E-state index contributed by atoms with van der Waals surface area (Å²) in [6.07, 6.45) is 0. The van der Waals surface area contributed by atoms with Gasteiger partial charge in [0.25, 0.3) is 5.19 Å². The number of benzene rings is 3. The van der Waals surface area contributed by atoms with Crippen molar-refractivity contribution in [1.82, 2.24) is 24.8 Å². The minimum Gasteiger partial charge on any atom is -0.465 e. The summed E-state index contributed by atoms with van der Waals surface area (Å²) in [5.41, 5.74) is 4.14. The predicted molar refractivity (Wildman–Crippen MR) is 121 cm³/mol. The highest BCUT2D eigenvalue weighted by Crippen LogP contribution is 2.30. The van der Waals surface area contributed by atoms with Crippen molar-refractivity contribution in [3.8, 4) is 22.1 Å². The molecule has 154 valence electrons.